The molecule has 38 rings (SSSR count). The topological polar surface area (TPSA) is 68.7 Å². The molecule has 0 amide bonds. The first-order chi connectivity index (χ1) is 73.4. The lowest BCUT2D eigenvalue weighted by molar-refractivity contribution is 1.15. The molecule has 670 valence electrons. The van der Waals surface area contributed by atoms with E-state index in [9.17, 15) is 9.59 Å². The highest BCUT2D eigenvalue weighted by molar-refractivity contribution is 6.53. The van der Waals surface area contributed by atoms with Crippen LogP contribution in [-0.2, 0) is 0 Å². The molecule has 148 heavy (non-hydrogen) atoms. The molecular weight excluding hydrogens is 1790 g/mol. The van der Waals surface area contributed by atoms with Gasteiger partial charge < -0.3 is 0 Å². The van der Waals surface area contributed by atoms with Gasteiger partial charge in [0.1, 0.15) is 11.3 Å². The van der Waals surface area contributed by atoms with Crippen LogP contribution in [0.4, 0.5) is 0 Å². The van der Waals surface area contributed by atoms with E-state index >= 15 is 0 Å². The van der Waals surface area contributed by atoms with Crippen molar-refractivity contribution in [1.82, 2.24) is 18.8 Å². The van der Waals surface area contributed by atoms with E-state index in [2.05, 4.69) is 413 Å². The van der Waals surface area contributed by atoms with Gasteiger partial charge in [0.15, 0.2) is 0 Å². The second kappa shape index (κ2) is 27.0. The molecule has 0 saturated heterocycles. The van der Waals surface area contributed by atoms with Crippen LogP contribution in [0.1, 0.15) is 0 Å². The summed E-state index contributed by atoms with van der Waals surface area (Å²) >= 11 is 0. The molecule has 37 aromatic rings. The van der Waals surface area contributed by atoms with Crippen LogP contribution in [0.2, 0.25) is 0 Å². The van der Waals surface area contributed by atoms with Gasteiger partial charge in [0, 0.05) is 43.1 Å². The van der Waals surface area contributed by atoms with Crippen molar-refractivity contribution in [2.24, 2.45) is 0 Å². The average molecular weight is 1860 g/mol. The lowest BCUT2D eigenvalue weighted by Gasteiger charge is -2.23. The highest BCUT2D eigenvalue weighted by atomic mass is 16.1. The summed E-state index contributed by atoms with van der Waals surface area (Å²) in [4.78, 5) is 40.3. The Hall–Kier alpha value is -19.7. The molecule has 0 fully saturated rings. The number of rotatable bonds is 4. The Balaban J connectivity index is 0.000000120. The highest BCUT2D eigenvalue weighted by Crippen LogP contribution is 2.65. The van der Waals surface area contributed by atoms with Gasteiger partial charge in [0.25, 0.3) is 11.1 Å². The molecule has 0 unspecified atom stereocenters. The summed E-state index contributed by atoms with van der Waals surface area (Å²) in [5.41, 5.74) is 20.2. The smallest absolute Gasteiger partial charge is 0.264 e. The molecular formula is C142H70N4O2. The minimum atomic E-state index is -0.0347. The van der Waals surface area contributed by atoms with Gasteiger partial charge in [0.05, 0.1) is 22.1 Å². The fourth-order valence-corrected chi connectivity index (χ4v) is 29.7. The molecule has 1 aliphatic carbocycles. The maximum atomic E-state index is 14.9. The van der Waals surface area contributed by atoms with E-state index in [0.29, 0.717) is 16.7 Å². The molecule has 0 spiro atoms. The van der Waals surface area contributed by atoms with Gasteiger partial charge >= 0.3 is 0 Å². The molecule has 4 heterocycles. The van der Waals surface area contributed by atoms with Crippen molar-refractivity contribution in [3.05, 3.63) is 445 Å². The minimum absolute atomic E-state index is 0.0329. The van der Waals surface area contributed by atoms with Crippen LogP contribution in [0, 0.1) is 0 Å². The Morgan fingerprint density at radius 1 is 0.135 bits per heavy atom. The van der Waals surface area contributed by atoms with Crippen LogP contribution in [-0.4, -0.2) is 18.8 Å². The summed E-state index contributed by atoms with van der Waals surface area (Å²) in [5, 5.41) is 62.7. The predicted octanol–water partition coefficient (Wildman–Crippen LogP) is 37.5. The summed E-state index contributed by atoms with van der Waals surface area (Å²) in [7, 11) is 0. The van der Waals surface area contributed by atoms with Crippen LogP contribution in [0.3, 0.4) is 0 Å². The molecule has 1 aliphatic rings. The lowest BCUT2D eigenvalue weighted by Crippen LogP contribution is -2.16. The van der Waals surface area contributed by atoms with E-state index in [1.807, 2.05) is 20.9 Å². The molecule has 0 radical (unpaired) electrons. The van der Waals surface area contributed by atoms with Crippen molar-refractivity contribution in [3.8, 4) is 66.8 Å². The Kier molecular flexibility index (Phi) is 14.1. The predicted molar refractivity (Wildman–Crippen MR) is 629 cm³/mol. The van der Waals surface area contributed by atoms with Crippen molar-refractivity contribution in [2.45, 2.75) is 0 Å². The van der Waals surface area contributed by atoms with Gasteiger partial charge in [-0.25, -0.2) is 9.97 Å². The van der Waals surface area contributed by atoms with E-state index in [1.165, 1.54) is 261 Å². The zero-order valence-electron chi connectivity index (χ0n) is 79.0. The molecule has 6 heteroatoms. The zero-order chi connectivity index (χ0) is 95.6. The minimum Gasteiger partial charge on any atom is -0.268 e. The molecule has 4 aromatic heterocycles. The monoisotopic (exact) mass is 1860 g/mol. The molecule has 0 saturated carbocycles. The van der Waals surface area contributed by atoms with Crippen LogP contribution in [0.25, 0.3) is 380 Å². The number of benzene rings is 31. The summed E-state index contributed by atoms with van der Waals surface area (Å²) in [6, 6.07) is 157. The van der Waals surface area contributed by atoms with E-state index < -0.39 is 0 Å². The summed E-state index contributed by atoms with van der Waals surface area (Å²) in [6.45, 7) is 0. The number of fused-ring (bicyclic) bond motifs is 29. The van der Waals surface area contributed by atoms with Crippen LogP contribution in [0.15, 0.2) is 434 Å². The third-order valence-electron chi connectivity index (χ3n) is 35.2. The Bertz CT molecular complexity index is 12400. The number of hydrogen-bond donors (Lipinski definition) is 0. The molecule has 0 bridgehead atoms. The second-order valence-corrected chi connectivity index (χ2v) is 41.6. The van der Waals surface area contributed by atoms with Gasteiger partial charge in [-0.3, -0.25) is 18.4 Å². The van der Waals surface area contributed by atoms with Gasteiger partial charge in [-0.05, 0) is 352 Å². The fraction of sp³-hybridized carbons (Fsp3) is 0. The summed E-state index contributed by atoms with van der Waals surface area (Å²) in [6.07, 6.45) is 0. The van der Waals surface area contributed by atoms with Crippen molar-refractivity contribution in [1.29, 1.82) is 0 Å². The van der Waals surface area contributed by atoms with Crippen LogP contribution in [0.5, 0.6) is 0 Å². The Morgan fingerprint density at radius 3 is 0.682 bits per heavy atom. The average Bonchev–Trinajstić information content (AvgIpc) is 1.39. The third-order valence-corrected chi connectivity index (χ3v) is 35.2. The highest BCUT2D eigenvalue weighted by Gasteiger charge is 2.37. The number of aromatic nitrogens is 4. The van der Waals surface area contributed by atoms with E-state index in [4.69, 9.17) is 9.97 Å². The van der Waals surface area contributed by atoms with Crippen molar-refractivity contribution in [2.75, 3.05) is 0 Å². The molecule has 0 atom stereocenters. The normalized spacial score (nSPS) is 12.9. The van der Waals surface area contributed by atoms with Gasteiger partial charge in [-0.2, -0.15) is 0 Å². The Morgan fingerprint density at radius 2 is 0.351 bits per heavy atom. The van der Waals surface area contributed by atoms with Crippen LogP contribution < -0.4 is 11.1 Å². The van der Waals surface area contributed by atoms with Gasteiger partial charge in [0.2, 0.25) is 0 Å². The first-order valence-corrected chi connectivity index (χ1v) is 51.3. The second-order valence-electron chi connectivity index (χ2n) is 41.6. The van der Waals surface area contributed by atoms with Crippen molar-refractivity contribution in [3.63, 3.8) is 0 Å². The molecule has 0 aliphatic heterocycles. The maximum Gasteiger partial charge on any atom is 0.264 e. The van der Waals surface area contributed by atoms with E-state index in [-0.39, 0.29) is 11.1 Å². The summed E-state index contributed by atoms with van der Waals surface area (Å²) in [5.74, 6) is 0. The molecule has 6 nitrogen and oxygen atoms in total. The first kappa shape index (κ1) is 77.1. The number of hydrogen-bond acceptors (Lipinski definition) is 4. The maximum absolute atomic E-state index is 14.9. The lowest BCUT2D eigenvalue weighted by atomic mass is 9.79. The van der Waals surface area contributed by atoms with Gasteiger partial charge in [-0.1, -0.05) is 376 Å². The Labute approximate surface area is 838 Å². The number of nitrogens with zero attached hydrogens (tertiary/aromatic N) is 4. The largest absolute Gasteiger partial charge is 0.268 e. The third kappa shape index (κ3) is 9.13. The van der Waals surface area contributed by atoms with Crippen molar-refractivity contribution < 1.29 is 0 Å². The quantitative estimate of drug-likeness (QED) is 0.130. The fourth-order valence-electron chi connectivity index (χ4n) is 29.7. The van der Waals surface area contributed by atoms with E-state index in [1.54, 1.807) is 0 Å². The SMILES string of the molecule is O=c1c2ccc3c4ccc5c6ccc7c8c(-c9ccccc9)c9c%10cccc%11cccc(c9c(-c9ccccc9)c8c8ccc(c9ccc(c%12ccc(c2c3%12)c2nc3cccc%12cccc(c%123)n12)c4c59)c6c78)c%11%10.O=c1c2ccc3c4ccc5c6ccc7c8c(ccc(c9ccc(c%10ccc(c2c3%10)c2nc3cccc%10cccc(c%103)n12)c4c59)c86)-c1c-7c(-c2ccccc2)c2c3ccccc3c3ccccc3c2c1-c1ccccc1. The summed E-state index contributed by atoms with van der Waals surface area (Å²) < 4.78 is 3.69. The van der Waals surface area contributed by atoms with E-state index in [0.717, 1.165) is 103 Å². The van der Waals surface area contributed by atoms with Crippen molar-refractivity contribution >= 4 is 313 Å². The standard InChI is InChI=1S/C72H36N2O.C70H34N2O/c75-72-55-36-32-51-47-28-26-45-49-30-34-53-65-52(69-59(38-13-3-1-4-14-38)67-42-21-9-7-19-40(42)41-20-8-10-22-43(41)68(67)60(70(53)69)39-15-5-2-6-16-39)33-29-48(63(49)65)44-25-27-46(62(47)61(44)45)50-31-35-54(66(55)64(50)51)71-73-56-23-11-17-37-18-12-24-57(58(37)56)74(71)72;73-70-52-34-30-46-42-26-24-40-44-28-32-50-63-49(67-57(37-11-3-1-4-12-37)65-47-19-7-15-35-16-8-20-48(55(35)47)66(65)58(68(50)67)38-13-5-2-6-14-38)31-27-43(61(44)63)39-23-25-41(60(42)59(39)40)45-29-33-51(64(52)62(45)46)69-71-53-21-9-17-36-18-10-22-54(56(36)53)72(69)70/h1-36H;1-34H. The van der Waals surface area contributed by atoms with Crippen LogP contribution >= 0.6 is 0 Å². The molecule has 0 N–H and O–H groups in total. The first-order valence-electron chi connectivity index (χ1n) is 51.3. The van der Waals surface area contributed by atoms with Gasteiger partial charge in [-0.15, -0.1) is 0 Å². The number of pyridine rings is 2. The zero-order valence-corrected chi connectivity index (χ0v) is 79.0. The molecule has 33 aromatic carbocycles.